The number of nitrogens with two attached hydrogens (primary N) is 1. The van der Waals surface area contributed by atoms with Crippen LogP contribution in [0.25, 0.3) is 0 Å². The molecular weight excluding hydrogens is 276 g/mol. The lowest BCUT2D eigenvalue weighted by molar-refractivity contribution is 0.262. The molecule has 22 heavy (non-hydrogen) atoms. The van der Waals surface area contributed by atoms with E-state index in [0.29, 0.717) is 12.6 Å². The summed E-state index contributed by atoms with van der Waals surface area (Å²) in [5, 5.41) is 3.33. The van der Waals surface area contributed by atoms with Crippen LogP contribution in [0, 0.1) is 0 Å². The van der Waals surface area contributed by atoms with Gasteiger partial charge in [0.25, 0.3) is 0 Å². The number of rotatable bonds is 7. The van der Waals surface area contributed by atoms with Gasteiger partial charge in [0.2, 0.25) is 0 Å². The van der Waals surface area contributed by atoms with E-state index in [2.05, 4.69) is 35.1 Å². The van der Waals surface area contributed by atoms with Gasteiger partial charge in [0.05, 0.1) is 12.6 Å². The third-order valence-electron chi connectivity index (χ3n) is 4.09. The average molecular weight is 304 g/mol. The van der Waals surface area contributed by atoms with E-state index >= 15 is 0 Å². The fourth-order valence-corrected chi connectivity index (χ4v) is 2.75. The Morgan fingerprint density at radius 3 is 2.91 bits per heavy atom. The first kappa shape index (κ1) is 16.6. The molecule has 0 saturated carbocycles. The third-order valence-corrected chi connectivity index (χ3v) is 4.09. The summed E-state index contributed by atoms with van der Waals surface area (Å²) in [5.74, 6) is 1.47. The molecule has 1 atom stereocenters. The van der Waals surface area contributed by atoms with E-state index in [4.69, 9.17) is 10.5 Å². The van der Waals surface area contributed by atoms with Gasteiger partial charge in [0, 0.05) is 18.5 Å². The fraction of sp³-hybridized carbons (Fsp3) is 0.588. The first-order chi connectivity index (χ1) is 10.7. The normalized spacial score (nSPS) is 18.0. The molecule has 1 aromatic rings. The molecule has 1 aromatic carbocycles. The Bertz CT molecular complexity index is 485. The van der Waals surface area contributed by atoms with Gasteiger partial charge in [0.15, 0.2) is 5.96 Å². The maximum Gasteiger partial charge on any atom is 0.189 e. The van der Waals surface area contributed by atoms with E-state index in [-0.39, 0.29) is 6.04 Å². The third kappa shape index (κ3) is 4.63. The first-order valence-electron chi connectivity index (χ1n) is 8.25. The molecule has 1 heterocycles. The molecule has 0 spiro atoms. The van der Waals surface area contributed by atoms with Crippen molar-refractivity contribution < 1.29 is 4.74 Å². The van der Waals surface area contributed by atoms with Crippen LogP contribution in [0.15, 0.2) is 29.3 Å². The number of benzene rings is 1. The predicted octanol–water partition coefficient (Wildman–Crippen LogP) is 2.15. The second-order valence-corrected chi connectivity index (χ2v) is 5.52. The van der Waals surface area contributed by atoms with Crippen LogP contribution in [0.1, 0.15) is 38.3 Å². The second-order valence-electron chi connectivity index (χ2n) is 5.52. The van der Waals surface area contributed by atoms with Crippen LogP contribution < -0.4 is 15.8 Å². The number of aliphatic imine (C=N–C) groups is 1. The van der Waals surface area contributed by atoms with Crippen LogP contribution in [0.3, 0.4) is 0 Å². The van der Waals surface area contributed by atoms with E-state index in [0.717, 1.165) is 50.3 Å². The highest BCUT2D eigenvalue weighted by Crippen LogP contribution is 2.31. The highest BCUT2D eigenvalue weighted by atomic mass is 16.5. The van der Waals surface area contributed by atoms with Gasteiger partial charge in [-0.3, -0.25) is 4.99 Å². The summed E-state index contributed by atoms with van der Waals surface area (Å²) in [6.07, 6.45) is 1.95. The second kappa shape index (κ2) is 8.63. The van der Waals surface area contributed by atoms with Gasteiger partial charge in [-0.25, -0.2) is 0 Å². The highest BCUT2D eigenvalue weighted by molar-refractivity contribution is 5.78. The maximum atomic E-state index is 6.03. The lowest BCUT2D eigenvalue weighted by Crippen LogP contribution is -2.37. The first-order valence-corrected chi connectivity index (χ1v) is 8.25. The molecule has 122 valence electrons. The molecule has 1 aliphatic heterocycles. The monoisotopic (exact) mass is 304 g/mol. The minimum atomic E-state index is 0.191. The number of hydrogen-bond donors (Lipinski definition) is 2. The Hall–Kier alpha value is -1.75. The Kier molecular flexibility index (Phi) is 6.52. The molecule has 5 heteroatoms. The van der Waals surface area contributed by atoms with E-state index in [1.807, 2.05) is 18.2 Å². The average Bonchev–Trinajstić information content (AvgIpc) is 2.55. The molecule has 0 aliphatic carbocycles. The molecule has 1 aliphatic rings. The van der Waals surface area contributed by atoms with Crippen LogP contribution in [0.5, 0.6) is 5.75 Å². The molecule has 1 unspecified atom stereocenters. The minimum absolute atomic E-state index is 0.191. The summed E-state index contributed by atoms with van der Waals surface area (Å²) in [5.41, 5.74) is 7.19. The van der Waals surface area contributed by atoms with Gasteiger partial charge in [-0.05, 0) is 32.1 Å². The fourth-order valence-electron chi connectivity index (χ4n) is 2.75. The van der Waals surface area contributed by atoms with Gasteiger partial charge in [0.1, 0.15) is 5.75 Å². The van der Waals surface area contributed by atoms with Crippen molar-refractivity contribution in [1.82, 2.24) is 10.2 Å². The van der Waals surface area contributed by atoms with Gasteiger partial charge in [-0.2, -0.15) is 0 Å². The van der Waals surface area contributed by atoms with Gasteiger partial charge in [-0.1, -0.05) is 32.0 Å². The quantitative estimate of drug-likeness (QED) is 0.460. The van der Waals surface area contributed by atoms with E-state index in [1.165, 1.54) is 0 Å². The van der Waals surface area contributed by atoms with Crippen molar-refractivity contribution >= 4 is 5.96 Å². The predicted molar refractivity (Wildman–Crippen MR) is 91.3 cm³/mol. The number of para-hydroxylation sites is 1. The number of ether oxygens (including phenoxy) is 1. The molecule has 0 bridgehead atoms. The van der Waals surface area contributed by atoms with Gasteiger partial charge < -0.3 is 20.7 Å². The Morgan fingerprint density at radius 2 is 2.14 bits per heavy atom. The molecule has 0 saturated heterocycles. The van der Waals surface area contributed by atoms with E-state index in [9.17, 15) is 0 Å². The molecular formula is C17H28N4O. The van der Waals surface area contributed by atoms with E-state index in [1.54, 1.807) is 0 Å². The molecule has 0 radical (unpaired) electrons. The Balaban J connectivity index is 1.82. The maximum absolute atomic E-state index is 6.03. The van der Waals surface area contributed by atoms with Crippen LogP contribution in [-0.4, -0.2) is 43.6 Å². The lowest BCUT2D eigenvalue weighted by atomic mass is 10.0. The summed E-state index contributed by atoms with van der Waals surface area (Å²) in [4.78, 5) is 6.84. The standard InChI is InChI=1S/C17H28N4O/c1-3-21(4-2)12-7-11-19-17(18)20-15-10-13-22-16-9-6-5-8-14(15)16/h5-6,8-9,15H,3-4,7,10-13H2,1-2H3,(H3,18,19,20). The SMILES string of the molecule is CCN(CC)CCCN=C(N)NC1CCOc2ccccc21. The zero-order valence-electron chi connectivity index (χ0n) is 13.7. The van der Waals surface area contributed by atoms with Crippen molar-refractivity contribution in [2.75, 3.05) is 32.8 Å². The van der Waals surface area contributed by atoms with Crippen molar-refractivity contribution in [3.05, 3.63) is 29.8 Å². The molecule has 0 aromatic heterocycles. The minimum Gasteiger partial charge on any atom is -0.493 e. The molecule has 0 amide bonds. The summed E-state index contributed by atoms with van der Waals surface area (Å²) >= 11 is 0. The van der Waals surface area contributed by atoms with Crippen LogP contribution in [0.2, 0.25) is 0 Å². The molecule has 5 nitrogen and oxygen atoms in total. The molecule has 3 N–H and O–H groups in total. The summed E-state index contributed by atoms with van der Waals surface area (Å²) in [6, 6.07) is 8.29. The topological polar surface area (TPSA) is 62.9 Å². The number of guanidine groups is 1. The summed E-state index contributed by atoms with van der Waals surface area (Å²) in [7, 11) is 0. The number of fused-ring (bicyclic) bond motifs is 1. The zero-order valence-corrected chi connectivity index (χ0v) is 13.7. The number of nitrogens with one attached hydrogen (secondary N) is 1. The van der Waals surface area contributed by atoms with Crippen LogP contribution in [0.4, 0.5) is 0 Å². The van der Waals surface area contributed by atoms with Crippen LogP contribution >= 0.6 is 0 Å². The van der Waals surface area contributed by atoms with Gasteiger partial charge in [-0.15, -0.1) is 0 Å². The van der Waals surface area contributed by atoms with Crippen molar-refractivity contribution in [3.8, 4) is 5.75 Å². The summed E-state index contributed by atoms with van der Waals surface area (Å²) < 4.78 is 5.66. The summed E-state index contributed by atoms with van der Waals surface area (Å²) in [6.45, 7) is 9.10. The van der Waals surface area contributed by atoms with Crippen molar-refractivity contribution in [2.24, 2.45) is 10.7 Å². The number of nitrogens with zero attached hydrogens (tertiary/aromatic N) is 2. The highest BCUT2D eigenvalue weighted by Gasteiger charge is 2.21. The largest absolute Gasteiger partial charge is 0.493 e. The zero-order chi connectivity index (χ0) is 15.8. The Morgan fingerprint density at radius 1 is 1.36 bits per heavy atom. The molecule has 2 rings (SSSR count). The van der Waals surface area contributed by atoms with Crippen molar-refractivity contribution in [2.45, 2.75) is 32.7 Å². The van der Waals surface area contributed by atoms with Crippen LogP contribution in [-0.2, 0) is 0 Å². The van der Waals surface area contributed by atoms with Gasteiger partial charge >= 0.3 is 0 Å². The van der Waals surface area contributed by atoms with Crippen molar-refractivity contribution in [1.29, 1.82) is 0 Å². The smallest absolute Gasteiger partial charge is 0.189 e. The van der Waals surface area contributed by atoms with Crippen molar-refractivity contribution in [3.63, 3.8) is 0 Å². The lowest BCUT2D eigenvalue weighted by Gasteiger charge is -2.27. The molecule has 0 fully saturated rings. The Labute approximate surface area is 133 Å². The van der Waals surface area contributed by atoms with E-state index < -0.39 is 0 Å². The number of hydrogen-bond acceptors (Lipinski definition) is 3.